The third-order valence-electron chi connectivity index (χ3n) is 4.63. The predicted molar refractivity (Wildman–Crippen MR) is 137 cm³/mol. The molecule has 2 aromatic rings. The van der Waals surface area contributed by atoms with E-state index in [2.05, 4.69) is 15.6 Å². The molecule has 2 rings (SSSR count). The number of para-hydroxylation sites is 1. The number of hydrogen-bond donors (Lipinski definition) is 2. The Morgan fingerprint density at radius 1 is 1.16 bits per heavy atom. The van der Waals surface area contributed by atoms with Gasteiger partial charge in [0.2, 0.25) is 0 Å². The minimum absolute atomic E-state index is 0. The van der Waals surface area contributed by atoms with Crippen molar-refractivity contribution < 1.29 is 12.8 Å². The standard InChI is InChI=1S/C22H31FN4O2S.HI/c1-5-24-22(25-13-8-14-27(3)20-10-7-6-9-19(20)23)26-16-18-11-12-21(17(2)15-18)30(4,28)29;/h6-7,9-12,15H,5,8,13-14,16H2,1-4H3,(H2,24,25,26);1H. The molecule has 0 radical (unpaired) electrons. The van der Waals surface area contributed by atoms with Crippen LogP contribution in [0.15, 0.2) is 52.4 Å². The highest BCUT2D eigenvalue weighted by Gasteiger charge is 2.11. The first-order valence-corrected chi connectivity index (χ1v) is 11.9. The zero-order valence-electron chi connectivity index (χ0n) is 18.5. The van der Waals surface area contributed by atoms with Crippen molar-refractivity contribution in [3.05, 3.63) is 59.4 Å². The molecule has 0 unspecified atom stereocenters. The van der Waals surface area contributed by atoms with Crippen LogP contribution in [0.5, 0.6) is 0 Å². The highest BCUT2D eigenvalue weighted by Crippen LogP contribution is 2.18. The molecule has 31 heavy (non-hydrogen) atoms. The van der Waals surface area contributed by atoms with Gasteiger partial charge in [0, 0.05) is 32.9 Å². The van der Waals surface area contributed by atoms with E-state index in [9.17, 15) is 12.8 Å². The van der Waals surface area contributed by atoms with Crippen molar-refractivity contribution in [2.75, 3.05) is 37.8 Å². The smallest absolute Gasteiger partial charge is 0.191 e. The average molecular weight is 562 g/mol. The molecule has 0 saturated heterocycles. The number of guanidine groups is 1. The molecule has 2 aromatic carbocycles. The number of halogens is 2. The summed E-state index contributed by atoms with van der Waals surface area (Å²) in [6.45, 7) is 6.35. The lowest BCUT2D eigenvalue weighted by Crippen LogP contribution is -2.38. The second-order valence-electron chi connectivity index (χ2n) is 7.22. The fourth-order valence-corrected chi connectivity index (χ4v) is 4.10. The Kier molecular flexibility index (Phi) is 11.3. The Balaban J connectivity index is 0.00000480. The molecule has 0 atom stereocenters. The first-order valence-electron chi connectivity index (χ1n) is 9.99. The molecule has 0 aliphatic carbocycles. The Morgan fingerprint density at radius 3 is 2.48 bits per heavy atom. The molecule has 0 heterocycles. The van der Waals surface area contributed by atoms with Gasteiger partial charge in [-0.2, -0.15) is 0 Å². The first-order chi connectivity index (χ1) is 14.2. The van der Waals surface area contributed by atoms with Crippen LogP contribution in [0.3, 0.4) is 0 Å². The summed E-state index contributed by atoms with van der Waals surface area (Å²) >= 11 is 0. The van der Waals surface area contributed by atoms with E-state index < -0.39 is 9.84 Å². The van der Waals surface area contributed by atoms with E-state index in [1.807, 2.05) is 31.0 Å². The van der Waals surface area contributed by atoms with Gasteiger partial charge in [-0.25, -0.2) is 17.8 Å². The van der Waals surface area contributed by atoms with Gasteiger partial charge < -0.3 is 15.5 Å². The maximum absolute atomic E-state index is 13.8. The molecule has 0 aliphatic rings. The molecule has 0 spiro atoms. The van der Waals surface area contributed by atoms with Crippen LogP contribution in [-0.2, 0) is 16.4 Å². The Labute approximate surface area is 202 Å². The van der Waals surface area contributed by atoms with Crippen LogP contribution in [-0.4, -0.2) is 47.3 Å². The number of nitrogens with zero attached hydrogens (tertiary/aromatic N) is 2. The van der Waals surface area contributed by atoms with Gasteiger partial charge in [-0.3, -0.25) is 0 Å². The van der Waals surface area contributed by atoms with Crippen molar-refractivity contribution in [1.29, 1.82) is 0 Å². The summed E-state index contributed by atoms with van der Waals surface area (Å²) in [5.74, 6) is 0.468. The van der Waals surface area contributed by atoms with E-state index >= 15 is 0 Å². The summed E-state index contributed by atoms with van der Waals surface area (Å²) < 4.78 is 37.3. The number of benzene rings is 2. The number of nitrogens with one attached hydrogen (secondary N) is 2. The van der Waals surface area contributed by atoms with Crippen molar-refractivity contribution in [2.24, 2.45) is 4.99 Å². The van der Waals surface area contributed by atoms with Gasteiger partial charge in [0.15, 0.2) is 15.8 Å². The fourth-order valence-electron chi connectivity index (χ4n) is 3.14. The lowest BCUT2D eigenvalue weighted by Gasteiger charge is -2.20. The van der Waals surface area contributed by atoms with E-state index in [4.69, 9.17) is 0 Å². The third kappa shape index (κ3) is 8.64. The quantitative estimate of drug-likeness (QED) is 0.211. The van der Waals surface area contributed by atoms with E-state index in [0.29, 0.717) is 36.2 Å². The summed E-state index contributed by atoms with van der Waals surface area (Å²) in [7, 11) is -1.35. The predicted octanol–water partition coefficient (Wildman–Crippen LogP) is 3.74. The average Bonchev–Trinajstić information content (AvgIpc) is 2.68. The normalized spacial score (nSPS) is 11.6. The van der Waals surface area contributed by atoms with E-state index in [1.54, 1.807) is 31.2 Å². The molecular weight excluding hydrogens is 530 g/mol. The monoisotopic (exact) mass is 562 g/mol. The number of aliphatic imine (C=N–C) groups is 1. The highest BCUT2D eigenvalue weighted by atomic mass is 127. The highest BCUT2D eigenvalue weighted by molar-refractivity contribution is 14.0. The number of sulfone groups is 1. The molecule has 9 heteroatoms. The molecule has 0 saturated carbocycles. The molecule has 0 aromatic heterocycles. The number of rotatable bonds is 9. The summed E-state index contributed by atoms with van der Waals surface area (Å²) in [6, 6.07) is 12.0. The van der Waals surface area contributed by atoms with Crippen molar-refractivity contribution in [1.82, 2.24) is 10.6 Å². The van der Waals surface area contributed by atoms with Crippen molar-refractivity contribution in [3.8, 4) is 0 Å². The van der Waals surface area contributed by atoms with Crippen LogP contribution < -0.4 is 15.5 Å². The third-order valence-corrected chi connectivity index (χ3v) is 5.89. The van der Waals surface area contributed by atoms with Gasteiger partial charge in [-0.1, -0.05) is 24.3 Å². The maximum atomic E-state index is 13.8. The minimum atomic E-state index is -3.22. The van der Waals surface area contributed by atoms with Gasteiger partial charge in [0.25, 0.3) is 0 Å². The topological polar surface area (TPSA) is 73.8 Å². The van der Waals surface area contributed by atoms with Crippen molar-refractivity contribution in [2.45, 2.75) is 31.7 Å². The molecule has 0 bridgehead atoms. The second kappa shape index (κ2) is 12.8. The molecule has 6 nitrogen and oxygen atoms in total. The Bertz CT molecular complexity index is 983. The van der Waals surface area contributed by atoms with Gasteiger partial charge in [-0.05, 0) is 49.6 Å². The van der Waals surface area contributed by atoms with Crippen LogP contribution in [0.25, 0.3) is 0 Å². The number of aryl methyl sites for hydroxylation is 1. The van der Waals surface area contributed by atoms with Crippen LogP contribution >= 0.6 is 24.0 Å². The van der Waals surface area contributed by atoms with E-state index in [1.165, 1.54) is 12.3 Å². The first kappa shape index (κ1) is 27.2. The zero-order chi connectivity index (χ0) is 22.1. The van der Waals surface area contributed by atoms with Gasteiger partial charge in [0.05, 0.1) is 17.1 Å². The van der Waals surface area contributed by atoms with Gasteiger partial charge in [-0.15, -0.1) is 24.0 Å². The van der Waals surface area contributed by atoms with E-state index in [0.717, 1.165) is 24.1 Å². The molecule has 2 N–H and O–H groups in total. The van der Waals surface area contributed by atoms with Gasteiger partial charge >= 0.3 is 0 Å². The molecular formula is C22H32FIN4O2S. The van der Waals surface area contributed by atoms with Crippen LogP contribution in [0.2, 0.25) is 0 Å². The van der Waals surface area contributed by atoms with Crippen LogP contribution in [0.1, 0.15) is 24.5 Å². The molecule has 0 amide bonds. The zero-order valence-corrected chi connectivity index (χ0v) is 21.6. The second-order valence-corrected chi connectivity index (χ2v) is 9.20. The van der Waals surface area contributed by atoms with E-state index in [-0.39, 0.29) is 29.8 Å². The fraction of sp³-hybridized carbons (Fsp3) is 0.409. The van der Waals surface area contributed by atoms with Crippen LogP contribution in [0.4, 0.5) is 10.1 Å². The Morgan fingerprint density at radius 2 is 1.87 bits per heavy atom. The minimum Gasteiger partial charge on any atom is -0.372 e. The molecule has 0 aliphatic heterocycles. The largest absolute Gasteiger partial charge is 0.372 e. The van der Waals surface area contributed by atoms with Crippen molar-refractivity contribution >= 4 is 45.5 Å². The number of hydrogen-bond acceptors (Lipinski definition) is 4. The summed E-state index contributed by atoms with van der Waals surface area (Å²) in [5.41, 5.74) is 2.25. The van der Waals surface area contributed by atoms with Gasteiger partial charge in [0.1, 0.15) is 5.82 Å². The molecule has 0 fully saturated rings. The molecule has 172 valence electrons. The summed E-state index contributed by atoms with van der Waals surface area (Å²) in [4.78, 5) is 6.82. The number of anilines is 1. The summed E-state index contributed by atoms with van der Waals surface area (Å²) in [6.07, 6.45) is 2.03. The SMILES string of the molecule is CCNC(=NCc1ccc(S(C)(=O)=O)c(C)c1)NCCCN(C)c1ccccc1F.I. The summed E-state index contributed by atoms with van der Waals surface area (Å²) in [5, 5.41) is 6.49. The Hall–Kier alpha value is -1.88. The van der Waals surface area contributed by atoms with Crippen molar-refractivity contribution in [3.63, 3.8) is 0 Å². The van der Waals surface area contributed by atoms with Crippen LogP contribution in [0, 0.1) is 12.7 Å². The maximum Gasteiger partial charge on any atom is 0.191 e. The lowest BCUT2D eigenvalue weighted by atomic mass is 10.1. The lowest BCUT2D eigenvalue weighted by molar-refractivity contribution is 0.601.